The third-order valence-electron chi connectivity index (χ3n) is 4.18. The molecule has 0 aliphatic carbocycles. The quantitative estimate of drug-likeness (QED) is 0.478. The minimum atomic E-state index is -4.49. The van der Waals surface area contributed by atoms with E-state index < -0.39 is 11.9 Å². The number of para-hydroxylation sites is 1. The molecule has 4 heterocycles. The standard InChI is InChI=1S/C17H11F3N8/c18-17(19,20)13-6-7-26(24-13)9-14-23-16-12-8-22-28(11-4-2-1-3-5-11)15(12)21-10-27(16)25-14/h1-8,10H,9H2. The summed E-state index contributed by atoms with van der Waals surface area (Å²) in [4.78, 5) is 8.82. The summed E-state index contributed by atoms with van der Waals surface area (Å²) in [5, 5.41) is 12.9. The maximum atomic E-state index is 12.7. The Hall–Kier alpha value is -3.76. The maximum absolute atomic E-state index is 12.7. The molecule has 0 saturated heterocycles. The molecular formula is C17H11F3N8. The molecule has 28 heavy (non-hydrogen) atoms. The normalized spacial score (nSPS) is 12.2. The Labute approximate surface area is 154 Å². The van der Waals surface area contributed by atoms with Gasteiger partial charge in [-0.3, -0.25) is 4.68 Å². The molecule has 0 aliphatic heterocycles. The maximum Gasteiger partial charge on any atom is 0.435 e. The van der Waals surface area contributed by atoms with Crippen LogP contribution in [0.2, 0.25) is 0 Å². The van der Waals surface area contributed by atoms with Crippen LogP contribution in [0.25, 0.3) is 22.4 Å². The van der Waals surface area contributed by atoms with Gasteiger partial charge < -0.3 is 0 Å². The number of alkyl halides is 3. The molecule has 0 saturated carbocycles. The average molecular weight is 384 g/mol. The molecule has 0 fully saturated rings. The van der Waals surface area contributed by atoms with Crippen molar-refractivity contribution in [1.82, 2.24) is 39.1 Å². The van der Waals surface area contributed by atoms with E-state index in [2.05, 4.69) is 25.3 Å². The van der Waals surface area contributed by atoms with Crippen molar-refractivity contribution in [2.75, 3.05) is 0 Å². The highest BCUT2D eigenvalue weighted by Gasteiger charge is 2.33. The number of benzene rings is 1. The molecular weight excluding hydrogens is 373 g/mol. The first-order valence-corrected chi connectivity index (χ1v) is 8.23. The second-order valence-electron chi connectivity index (χ2n) is 6.07. The van der Waals surface area contributed by atoms with E-state index in [1.807, 2.05) is 30.3 Å². The topological polar surface area (TPSA) is 78.7 Å². The van der Waals surface area contributed by atoms with Gasteiger partial charge in [-0.1, -0.05) is 18.2 Å². The first-order valence-electron chi connectivity index (χ1n) is 8.23. The Balaban J connectivity index is 1.53. The van der Waals surface area contributed by atoms with Crippen molar-refractivity contribution in [1.29, 1.82) is 0 Å². The minimum absolute atomic E-state index is 0.00603. The van der Waals surface area contributed by atoms with Crippen LogP contribution in [-0.4, -0.2) is 39.1 Å². The lowest BCUT2D eigenvalue weighted by molar-refractivity contribution is -0.141. The van der Waals surface area contributed by atoms with Gasteiger partial charge in [0, 0.05) is 6.20 Å². The number of fused-ring (bicyclic) bond motifs is 3. The predicted octanol–water partition coefficient (Wildman–Crippen LogP) is 2.73. The van der Waals surface area contributed by atoms with E-state index in [0.717, 1.165) is 16.4 Å². The molecule has 1 aromatic carbocycles. The van der Waals surface area contributed by atoms with Crippen molar-refractivity contribution in [2.45, 2.75) is 12.7 Å². The third-order valence-corrected chi connectivity index (χ3v) is 4.18. The van der Waals surface area contributed by atoms with Gasteiger partial charge in [0.1, 0.15) is 12.9 Å². The van der Waals surface area contributed by atoms with E-state index in [9.17, 15) is 13.2 Å². The summed E-state index contributed by atoms with van der Waals surface area (Å²) < 4.78 is 42.4. The molecule has 8 nitrogen and oxygen atoms in total. The Morgan fingerprint density at radius 3 is 2.54 bits per heavy atom. The van der Waals surface area contributed by atoms with Gasteiger partial charge in [0.2, 0.25) is 0 Å². The molecule has 0 aliphatic rings. The minimum Gasteiger partial charge on any atom is -0.264 e. The summed E-state index contributed by atoms with van der Waals surface area (Å²) in [6, 6.07) is 10.4. The van der Waals surface area contributed by atoms with Gasteiger partial charge in [-0.25, -0.2) is 19.2 Å². The Morgan fingerprint density at radius 1 is 0.964 bits per heavy atom. The van der Waals surface area contributed by atoms with Crippen molar-refractivity contribution in [2.24, 2.45) is 0 Å². The van der Waals surface area contributed by atoms with Crippen LogP contribution < -0.4 is 0 Å². The highest BCUT2D eigenvalue weighted by atomic mass is 19.4. The van der Waals surface area contributed by atoms with Crippen LogP contribution in [0.3, 0.4) is 0 Å². The second kappa shape index (κ2) is 5.87. The van der Waals surface area contributed by atoms with Gasteiger partial charge in [0.05, 0.1) is 17.3 Å². The van der Waals surface area contributed by atoms with Crippen LogP contribution in [0, 0.1) is 0 Å². The van der Waals surface area contributed by atoms with Crippen molar-refractivity contribution in [3.63, 3.8) is 0 Å². The molecule has 0 spiro atoms. The Kier molecular flexibility index (Phi) is 3.44. The number of hydrogen-bond donors (Lipinski definition) is 0. The van der Waals surface area contributed by atoms with Gasteiger partial charge in [-0.05, 0) is 18.2 Å². The van der Waals surface area contributed by atoms with Crippen molar-refractivity contribution in [3.05, 3.63) is 66.6 Å². The molecule has 140 valence electrons. The number of aromatic nitrogens is 8. The lowest BCUT2D eigenvalue weighted by Gasteiger charge is -2.01. The van der Waals surface area contributed by atoms with Crippen molar-refractivity contribution >= 4 is 16.7 Å². The largest absolute Gasteiger partial charge is 0.435 e. The Morgan fingerprint density at radius 2 is 1.79 bits per heavy atom. The van der Waals surface area contributed by atoms with E-state index in [4.69, 9.17) is 0 Å². The van der Waals surface area contributed by atoms with E-state index in [1.54, 1.807) is 10.9 Å². The van der Waals surface area contributed by atoms with E-state index in [1.165, 1.54) is 17.0 Å². The molecule has 0 unspecified atom stereocenters. The second-order valence-corrected chi connectivity index (χ2v) is 6.07. The molecule has 0 amide bonds. The number of halogens is 3. The van der Waals surface area contributed by atoms with Crippen LogP contribution >= 0.6 is 0 Å². The van der Waals surface area contributed by atoms with Gasteiger partial charge in [0.15, 0.2) is 22.8 Å². The number of hydrogen-bond acceptors (Lipinski definition) is 5. The molecule has 0 N–H and O–H groups in total. The smallest absolute Gasteiger partial charge is 0.264 e. The number of nitrogens with zero attached hydrogens (tertiary/aromatic N) is 8. The summed E-state index contributed by atoms with van der Waals surface area (Å²) in [7, 11) is 0. The highest BCUT2D eigenvalue weighted by Crippen LogP contribution is 2.27. The molecule has 4 aromatic heterocycles. The van der Waals surface area contributed by atoms with E-state index in [0.29, 0.717) is 22.5 Å². The van der Waals surface area contributed by atoms with Crippen LogP contribution in [0.5, 0.6) is 0 Å². The van der Waals surface area contributed by atoms with Crippen molar-refractivity contribution in [3.8, 4) is 5.69 Å². The predicted molar refractivity (Wildman–Crippen MR) is 91.7 cm³/mol. The molecule has 0 bridgehead atoms. The van der Waals surface area contributed by atoms with Gasteiger partial charge >= 0.3 is 6.18 Å². The summed E-state index contributed by atoms with van der Waals surface area (Å²) in [6.45, 7) is 0.00603. The monoisotopic (exact) mass is 384 g/mol. The fourth-order valence-electron chi connectivity index (χ4n) is 2.94. The fourth-order valence-corrected chi connectivity index (χ4v) is 2.94. The zero-order valence-electron chi connectivity index (χ0n) is 14.1. The first kappa shape index (κ1) is 16.4. The van der Waals surface area contributed by atoms with Gasteiger partial charge in [-0.2, -0.15) is 23.4 Å². The van der Waals surface area contributed by atoms with Crippen LogP contribution in [0.15, 0.2) is 55.1 Å². The van der Waals surface area contributed by atoms with Crippen LogP contribution in [-0.2, 0) is 12.7 Å². The van der Waals surface area contributed by atoms with E-state index in [-0.39, 0.29) is 6.54 Å². The highest BCUT2D eigenvalue weighted by molar-refractivity contribution is 5.89. The Bertz CT molecular complexity index is 1280. The van der Waals surface area contributed by atoms with Crippen molar-refractivity contribution < 1.29 is 13.2 Å². The molecule has 0 atom stereocenters. The fraction of sp³-hybridized carbons (Fsp3) is 0.118. The summed E-state index contributed by atoms with van der Waals surface area (Å²) in [5.74, 6) is 0.318. The SMILES string of the molecule is FC(F)(F)c1ccn(Cc2nc3c4cnn(-c5ccccc5)c4ncn3n2)n1. The van der Waals surface area contributed by atoms with Gasteiger partial charge in [0.25, 0.3) is 0 Å². The first-order chi connectivity index (χ1) is 13.5. The summed E-state index contributed by atoms with van der Waals surface area (Å²) in [5.41, 5.74) is 1.02. The molecule has 5 rings (SSSR count). The summed E-state index contributed by atoms with van der Waals surface area (Å²) in [6.07, 6.45) is -0.103. The summed E-state index contributed by atoms with van der Waals surface area (Å²) >= 11 is 0. The lowest BCUT2D eigenvalue weighted by atomic mass is 10.3. The van der Waals surface area contributed by atoms with Gasteiger partial charge in [-0.15, -0.1) is 5.10 Å². The molecule has 0 radical (unpaired) electrons. The lowest BCUT2D eigenvalue weighted by Crippen LogP contribution is -2.09. The average Bonchev–Trinajstić information content (AvgIpc) is 3.39. The van der Waals surface area contributed by atoms with E-state index >= 15 is 0 Å². The third kappa shape index (κ3) is 2.68. The molecule has 11 heteroatoms. The van der Waals surface area contributed by atoms with Crippen LogP contribution in [0.1, 0.15) is 11.5 Å². The zero-order valence-corrected chi connectivity index (χ0v) is 14.1. The van der Waals surface area contributed by atoms with Crippen LogP contribution in [0.4, 0.5) is 13.2 Å². The molecule has 5 aromatic rings. The zero-order chi connectivity index (χ0) is 19.3. The number of rotatable bonds is 3.